The van der Waals surface area contributed by atoms with Gasteiger partial charge in [-0.1, -0.05) is 0 Å². The van der Waals surface area contributed by atoms with E-state index in [2.05, 4.69) is 15.5 Å². The van der Waals surface area contributed by atoms with Crippen molar-refractivity contribution in [1.29, 1.82) is 0 Å². The Morgan fingerprint density at radius 3 is 2.89 bits per heavy atom. The summed E-state index contributed by atoms with van der Waals surface area (Å²) in [6.07, 6.45) is 0. The van der Waals surface area contributed by atoms with Gasteiger partial charge in [-0.15, -0.1) is 11.3 Å². The highest BCUT2D eigenvalue weighted by molar-refractivity contribution is 7.14. The number of anilines is 1. The van der Waals surface area contributed by atoms with Crippen molar-refractivity contribution < 1.29 is 9.52 Å². The van der Waals surface area contributed by atoms with Crippen LogP contribution in [0, 0.1) is 6.92 Å². The minimum Gasteiger partial charge on any atom is -0.507 e. The van der Waals surface area contributed by atoms with Crippen molar-refractivity contribution in [3.8, 4) is 17.0 Å². The maximum absolute atomic E-state index is 11.7. The van der Waals surface area contributed by atoms with Crippen molar-refractivity contribution in [1.82, 2.24) is 4.98 Å². The molecule has 0 spiro atoms. The van der Waals surface area contributed by atoms with Crippen LogP contribution >= 0.6 is 11.3 Å². The number of aromatic nitrogens is 1. The van der Waals surface area contributed by atoms with Crippen molar-refractivity contribution in [2.45, 2.75) is 20.8 Å². The maximum Gasteiger partial charge on any atom is 0.349 e. The summed E-state index contributed by atoms with van der Waals surface area (Å²) in [5.41, 5.74) is 3.44. The number of nitrogens with zero attached hydrogens (tertiary/aromatic N) is 2. The second kappa shape index (κ2) is 5.23. The summed E-state index contributed by atoms with van der Waals surface area (Å²) in [6, 6.07) is 1.39. The van der Waals surface area contributed by atoms with Gasteiger partial charge in [-0.05, 0) is 20.8 Å². The monoisotopic (exact) mass is 279 g/mol. The fourth-order valence-electron chi connectivity index (χ4n) is 1.43. The lowest BCUT2D eigenvalue weighted by molar-refractivity contribution is 0.438. The second-order valence-electron chi connectivity index (χ2n) is 4.11. The summed E-state index contributed by atoms with van der Waals surface area (Å²) < 4.78 is 4.95. The lowest BCUT2D eigenvalue weighted by Gasteiger charge is -2.00. The fourth-order valence-corrected chi connectivity index (χ4v) is 2.07. The lowest BCUT2D eigenvalue weighted by atomic mass is 10.2. The Balaban J connectivity index is 2.39. The number of thiazole rings is 1. The third kappa shape index (κ3) is 3.00. The largest absolute Gasteiger partial charge is 0.507 e. The molecule has 2 N–H and O–H groups in total. The van der Waals surface area contributed by atoms with E-state index in [1.807, 2.05) is 13.8 Å². The fraction of sp³-hybridized carbons (Fsp3) is 0.250. The summed E-state index contributed by atoms with van der Waals surface area (Å²) in [6.45, 7) is 5.29. The van der Waals surface area contributed by atoms with Gasteiger partial charge in [-0.3, -0.25) is 5.43 Å². The highest BCUT2D eigenvalue weighted by atomic mass is 32.1. The van der Waals surface area contributed by atoms with E-state index in [1.165, 1.54) is 17.4 Å². The molecule has 0 amide bonds. The lowest BCUT2D eigenvalue weighted by Crippen LogP contribution is -2.04. The van der Waals surface area contributed by atoms with Crippen LogP contribution in [0.1, 0.15) is 19.6 Å². The SMILES string of the molecule is CC(C)=NNc1nc(-c2c(O)cc(C)oc2=O)cs1. The van der Waals surface area contributed by atoms with Gasteiger partial charge < -0.3 is 9.52 Å². The third-order valence-electron chi connectivity index (χ3n) is 2.19. The molecule has 0 fully saturated rings. The van der Waals surface area contributed by atoms with Crippen LogP contribution in [-0.4, -0.2) is 15.8 Å². The number of aromatic hydroxyl groups is 1. The first-order valence-corrected chi connectivity index (χ1v) is 6.42. The van der Waals surface area contributed by atoms with Gasteiger partial charge in [0, 0.05) is 17.2 Å². The van der Waals surface area contributed by atoms with Gasteiger partial charge in [-0.2, -0.15) is 5.10 Å². The molecule has 0 radical (unpaired) electrons. The van der Waals surface area contributed by atoms with Crippen molar-refractivity contribution in [2.75, 3.05) is 5.43 Å². The first-order chi connectivity index (χ1) is 8.97. The zero-order valence-electron chi connectivity index (χ0n) is 10.7. The minimum atomic E-state index is -0.607. The molecular weight excluding hydrogens is 266 g/mol. The molecule has 0 saturated heterocycles. The number of rotatable bonds is 3. The molecule has 7 heteroatoms. The molecule has 0 unspecified atom stereocenters. The van der Waals surface area contributed by atoms with Gasteiger partial charge in [-0.25, -0.2) is 9.78 Å². The molecule has 100 valence electrons. The predicted molar refractivity (Wildman–Crippen MR) is 74.9 cm³/mol. The predicted octanol–water partition coefficient (Wildman–Crippen LogP) is 2.59. The Hall–Kier alpha value is -2.15. The van der Waals surface area contributed by atoms with E-state index in [0.717, 1.165) is 5.71 Å². The number of hydrogen-bond acceptors (Lipinski definition) is 7. The van der Waals surface area contributed by atoms with Gasteiger partial charge in [0.25, 0.3) is 0 Å². The zero-order chi connectivity index (χ0) is 14.0. The van der Waals surface area contributed by atoms with Crippen LogP contribution in [0.25, 0.3) is 11.3 Å². The maximum atomic E-state index is 11.7. The van der Waals surface area contributed by atoms with Crippen molar-refractivity contribution in [3.63, 3.8) is 0 Å². The molecule has 0 aliphatic heterocycles. The standard InChI is InChI=1S/C12H13N3O3S/c1-6(2)14-15-12-13-8(5-19-12)10-9(16)4-7(3)18-11(10)17/h4-5,16H,1-3H3,(H,13,15). The normalized spacial score (nSPS) is 10.3. The number of hydrogen-bond donors (Lipinski definition) is 2. The van der Waals surface area contributed by atoms with Crippen LogP contribution in [0.15, 0.2) is 25.8 Å². The quantitative estimate of drug-likeness (QED) is 0.666. The first kappa shape index (κ1) is 13.3. The van der Waals surface area contributed by atoms with Gasteiger partial charge in [0.15, 0.2) is 0 Å². The Labute approximate surface area is 113 Å². The summed E-state index contributed by atoms with van der Waals surface area (Å²) in [5.74, 6) is 0.215. The average molecular weight is 279 g/mol. The molecule has 0 bridgehead atoms. The number of nitrogens with one attached hydrogen (secondary N) is 1. The van der Waals surface area contributed by atoms with Crippen LogP contribution < -0.4 is 11.1 Å². The Morgan fingerprint density at radius 2 is 2.26 bits per heavy atom. The van der Waals surface area contributed by atoms with E-state index >= 15 is 0 Å². The highest BCUT2D eigenvalue weighted by Gasteiger charge is 2.15. The second-order valence-corrected chi connectivity index (χ2v) is 4.97. The average Bonchev–Trinajstić information content (AvgIpc) is 2.73. The van der Waals surface area contributed by atoms with E-state index in [1.54, 1.807) is 12.3 Å². The molecule has 2 aromatic rings. The van der Waals surface area contributed by atoms with E-state index in [4.69, 9.17) is 4.42 Å². The summed E-state index contributed by atoms with van der Waals surface area (Å²) in [4.78, 5) is 15.9. The minimum absolute atomic E-state index is 0.0621. The van der Waals surface area contributed by atoms with Crippen molar-refractivity contribution in [2.24, 2.45) is 5.10 Å². The molecule has 6 nitrogen and oxygen atoms in total. The van der Waals surface area contributed by atoms with Gasteiger partial charge in [0.1, 0.15) is 17.1 Å². The third-order valence-corrected chi connectivity index (χ3v) is 2.94. The van der Waals surface area contributed by atoms with Crippen LogP contribution in [0.3, 0.4) is 0 Å². The summed E-state index contributed by atoms with van der Waals surface area (Å²) in [5, 5.41) is 16.0. The molecule has 19 heavy (non-hydrogen) atoms. The van der Waals surface area contributed by atoms with Crippen LogP contribution in [0.2, 0.25) is 0 Å². The molecule has 0 aliphatic rings. The van der Waals surface area contributed by atoms with Crippen LogP contribution in [0.5, 0.6) is 5.75 Å². The highest BCUT2D eigenvalue weighted by Crippen LogP contribution is 2.29. The Bertz CT molecular complexity index is 684. The molecule has 2 heterocycles. The number of aryl methyl sites for hydroxylation is 1. The topological polar surface area (TPSA) is 87.7 Å². The van der Waals surface area contributed by atoms with Gasteiger partial charge >= 0.3 is 5.63 Å². The van der Waals surface area contributed by atoms with E-state index in [0.29, 0.717) is 16.6 Å². The van der Waals surface area contributed by atoms with E-state index in [9.17, 15) is 9.90 Å². The molecular formula is C12H13N3O3S. The molecule has 0 aromatic carbocycles. The van der Waals surface area contributed by atoms with Crippen LogP contribution in [0.4, 0.5) is 5.13 Å². The number of hydrazone groups is 1. The molecule has 2 rings (SSSR count). The molecule has 0 atom stereocenters. The zero-order valence-corrected chi connectivity index (χ0v) is 11.5. The van der Waals surface area contributed by atoms with Crippen molar-refractivity contribution in [3.05, 3.63) is 27.6 Å². The smallest absolute Gasteiger partial charge is 0.349 e. The molecule has 0 aliphatic carbocycles. The van der Waals surface area contributed by atoms with E-state index < -0.39 is 5.63 Å². The Morgan fingerprint density at radius 1 is 1.53 bits per heavy atom. The summed E-state index contributed by atoms with van der Waals surface area (Å²) in [7, 11) is 0. The Kier molecular flexibility index (Phi) is 3.66. The van der Waals surface area contributed by atoms with Gasteiger partial charge in [0.05, 0.1) is 5.69 Å². The summed E-state index contributed by atoms with van der Waals surface area (Å²) >= 11 is 1.29. The first-order valence-electron chi connectivity index (χ1n) is 5.54. The molecule has 2 aromatic heterocycles. The van der Waals surface area contributed by atoms with Crippen LogP contribution in [-0.2, 0) is 0 Å². The van der Waals surface area contributed by atoms with E-state index in [-0.39, 0.29) is 11.3 Å². The van der Waals surface area contributed by atoms with Crippen molar-refractivity contribution >= 4 is 22.2 Å². The van der Waals surface area contributed by atoms with Gasteiger partial charge in [0.2, 0.25) is 5.13 Å². The molecule has 0 saturated carbocycles.